The number of aromatic nitrogens is 1. The number of nitrogens with zero attached hydrogens (tertiary/aromatic N) is 2. The first-order chi connectivity index (χ1) is 7.63. The van der Waals surface area contributed by atoms with Crippen molar-refractivity contribution < 1.29 is 4.79 Å². The zero-order valence-corrected chi connectivity index (χ0v) is 9.73. The number of carbonyl (C=O) groups is 1. The van der Waals surface area contributed by atoms with Crippen LogP contribution in [0.4, 0.5) is 11.5 Å². The van der Waals surface area contributed by atoms with Gasteiger partial charge in [-0.15, -0.1) is 0 Å². The molecule has 3 N–H and O–H groups in total. The number of nitrogens with two attached hydrogens (primary N) is 1. The van der Waals surface area contributed by atoms with Gasteiger partial charge in [-0.3, -0.25) is 4.79 Å². The molecule has 0 aliphatic heterocycles. The molecule has 0 aromatic carbocycles. The Bertz CT molecular complexity index is 334. The number of rotatable bonds is 5. The van der Waals surface area contributed by atoms with Crippen LogP contribution in [0.25, 0.3) is 0 Å². The van der Waals surface area contributed by atoms with E-state index in [0.29, 0.717) is 25.2 Å². The van der Waals surface area contributed by atoms with E-state index in [1.165, 1.54) is 0 Å². The molecule has 5 heteroatoms. The molecule has 0 unspecified atom stereocenters. The fraction of sp³-hybridized carbons (Fsp3) is 0.455. The normalized spacial score (nSPS) is 9.94. The number of pyridine rings is 1. The average Bonchev–Trinajstić information content (AvgIpc) is 2.27. The molecule has 0 saturated carbocycles. The Morgan fingerprint density at radius 1 is 1.50 bits per heavy atom. The van der Waals surface area contributed by atoms with Crippen molar-refractivity contribution in [2.45, 2.75) is 12.8 Å². The van der Waals surface area contributed by atoms with Crippen molar-refractivity contribution in [3.05, 3.63) is 18.3 Å². The molecular weight excluding hydrogens is 204 g/mol. The molecule has 0 saturated heterocycles. The van der Waals surface area contributed by atoms with Crippen LogP contribution in [0.15, 0.2) is 18.3 Å². The van der Waals surface area contributed by atoms with Gasteiger partial charge in [0, 0.05) is 20.5 Å². The van der Waals surface area contributed by atoms with Crippen LogP contribution in [-0.4, -0.2) is 31.5 Å². The van der Waals surface area contributed by atoms with Crippen molar-refractivity contribution in [1.29, 1.82) is 0 Å². The highest BCUT2D eigenvalue weighted by atomic mass is 16.1. The van der Waals surface area contributed by atoms with Crippen LogP contribution in [0, 0.1) is 0 Å². The molecule has 0 spiro atoms. The Kier molecular flexibility index (Phi) is 4.72. The SMILES string of the molecule is CN(C)c1ccc(NC(=O)CCCN)nc1. The predicted molar refractivity (Wildman–Crippen MR) is 65.5 cm³/mol. The average molecular weight is 222 g/mol. The minimum Gasteiger partial charge on any atom is -0.376 e. The number of hydrogen-bond donors (Lipinski definition) is 2. The van der Waals surface area contributed by atoms with Gasteiger partial charge in [0.25, 0.3) is 0 Å². The molecule has 0 bridgehead atoms. The monoisotopic (exact) mass is 222 g/mol. The molecule has 1 amide bonds. The lowest BCUT2D eigenvalue weighted by Crippen LogP contribution is -2.15. The van der Waals surface area contributed by atoms with Crippen molar-refractivity contribution >= 4 is 17.4 Å². The summed E-state index contributed by atoms with van der Waals surface area (Å²) in [7, 11) is 3.88. The van der Waals surface area contributed by atoms with Gasteiger partial charge in [-0.2, -0.15) is 0 Å². The highest BCUT2D eigenvalue weighted by molar-refractivity contribution is 5.89. The number of carbonyl (C=O) groups excluding carboxylic acids is 1. The lowest BCUT2D eigenvalue weighted by Gasteiger charge is -2.12. The molecule has 0 aliphatic carbocycles. The van der Waals surface area contributed by atoms with Crippen LogP contribution in [0.3, 0.4) is 0 Å². The summed E-state index contributed by atoms with van der Waals surface area (Å²) >= 11 is 0. The van der Waals surface area contributed by atoms with Gasteiger partial charge >= 0.3 is 0 Å². The van der Waals surface area contributed by atoms with E-state index in [1.807, 2.05) is 25.1 Å². The molecule has 1 rings (SSSR count). The molecule has 0 aliphatic rings. The molecular formula is C11H18N4O. The fourth-order valence-electron chi connectivity index (χ4n) is 1.19. The molecule has 1 aromatic heterocycles. The fourth-order valence-corrected chi connectivity index (χ4v) is 1.19. The number of nitrogens with one attached hydrogen (secondary N) is 1. The van der Waals surface area contributed by atoms with Gasteiger partial charge in [-0.05, 0) is 25.1 Å². The lowest BCUT2D eigenvalue weighted by atomic mass is 10.3. The minimum atomic E-state index is -0.0458. The molecule has 0 fully saturated rings. The smallest absolute Gasteiger partial charge is 0.225 e. The number of amides is 1. The maximum absolute atomic E-state index is 11.4. The van der Waals surface area contributed by atoms with Gasteiger partial charge in [0.2, 0.25) is 5.91 Å². The summed E-state index contributed by atoms with van der Waals surface area (Å²) in [6.07, 6.45) is 2.85. The number of hydrogen-bond acceptors (Lipinski definition) is 4. The van der Waals surface area contributed by atoms with E-state index >= 15 is 0 Å². The van der Waals surface area contributed by atoms with Gasteiger partial charge in [-0.25, -0.2) is 4.98 Å². The van der Waals surface area contributed by atoms with E-state index < -0.39 is 0 Å². The summed E-state index contributed by atoms with van der Waals surface area (Å²) in [5.74, 6) is 0.531. The molecule has 0 radical (unpaired) electrons. The summed E-state index contributed by atoms with van der Waals surface area (Å²) in [6.45, 7) is 0.528. The van der Waals surface area contributed by atoms with E-state index in [2.05, 4.69) is 10.3 Å². The Labute approximate surface area is 95.7 Å². The molecule has 16 heavy (non-hydrogen) atoms. The van der Waals surface area contributed by atoms with E-state index in [9.17, 15) is 4.79 Å². The first kappa shape index (κ1) is 12.4. The third-order valence-electron chi connectivity index (χ3n) is 2.14. The van der Waals surface area contributed by atoms with Crippen molar-refractivity contribution in [2.75, 3.05) is 30.9 Å². The second-order valence-corrected chi connectivity index (χ2v) is 3.74. The first-order valence-electron chi connectivity index (χ1n) is 5.27. The second kappa shape index (κ2) is 6.07. The van der Waals surface area contributed by atoms with E-state index in [4.69, 9.17) is 5.73 Å². The molecule has 1 aromatic rings. The zero-order chi connectivity index (χ0) is 12.0. The summed E-state index contributed by atoms with van der Waals surface area (Å²) < 4.78 is 0. The topological polar surface area (TPSA) is 71.2 Å². The van der Waals surface area contributed by atoms with Gasteiger partial charge in [-0.1, -0.05) is 0 Å². The Morgan fingerprint density at radius 2 is 2.25 bits per heavy atom. The highest BCUT2D eigenvalue weighted by Crippen LogP contribution is 2.12. The van der Waals surface area contributed by atoms with Gasteiger partial charge in [0.05, 0.1) is 11.9 Å². The van der Waals surface area contributed by atoms with Crippen molar-refractivity contribution in [3.63, 3.8) is 0 Å². The van der Waals surface area contributed by atoms with E-state index in [-0.39, 0.29) is 5.91 Å². The predicted octanol–water partition coefficient (Wildman–Crippen LogP) is 0.825. The summed E-state index contributed by atoms with van der Waals surface area (Å²) in [6, 6.07) is 3.70. The Hall–Kier alpha value is -1.62. The van der Waals surface area contributed by atoms with Crippen LogP contribution in [0.1, 0.15) is 12.8 Å². The maximum atomic E-state index is 11.4. The molecule has 0 atom stereocenters. The van der Waals surface area contributed by atoms with Gasteiger partial charge < -0.3 is 16.0 Å². The van der Waals surface area contributed by atoms with Crippen LogP contribution < -0.4 is 16.0 Å². The van der Waals surface area contributed by atoms with Crippen LogP contribution >= 0.6 is 0 Å². The standard InChI is InChI=1S/C11H18N4O/c1-15(2)9-5-6-10(13-8-9)14-11(16)4-3-7-12/h5-6,8H,3-4,7,12H2,1-2H3,(H,13,14,16). The largest absolute Gasteiger partial charge is 0.376 e. The summed E-state index contributed by atoms with van der Waals surface area (Å²) in [5.41, 5.74) is 6.32. The lowest BCUT2D eigenvalue weighted by molar-refractivity contribution is -0.116. The molecule has 5 nitrogen and oxygen atoms in total. The molecule has 1 heterocycles. The first-order valence-corrected chi connectivity index (χ1v) is 5.27. The summed E-state index contributed by atoms with van der Waals surface area (Å²) in [5, 5.41) is 2.72. The van der Waals surface area contributed by atoms with Gasteiger partial charge in [0.15, 0.2) is 0 Å². The van der Waals surface area contributed by atoms with Crippen molar-refractivity contribution in [1.82, 2.24) is 4.98 Å². The highest BCUT2D eigenvalue weighted by Gasteiger charge is 2.02. The molecule has 88 valence electrons. The zero-order valence-electron chi connectivity index (χ0n) is 9.73. The van der Waals surface area contributed by atoms with Crippen LogP contribution in [0.2, 0.25) is 0 Å². The maximum Gasteiger partial charge on any atom is 0.225 e. The van der Waals surface area contributed by atoms with Crippen molar-refractivity contribution in [2.24, 2.45) is 5.73 Å². The second-order valence-electron chi connectivity index (χ2n) is 3.74. The van der Waals surface area contributed by atoms with Crippen LogP contribution in [-0.2, 0) is 4.79 Å². The van der Waals surface area contributed by atoms with E-state index in [1.54, 1.807) is 12.3 Å². The van der Waals surface area contributed by atoms with Crippen LogP contribution in [0.5, 0.6) is 0 Å². The Morgan fingerprint density at radius 3 is 2.75 bits per heavy atom. The number of anilines is 2. The third-order valence-corrected chi connectivity index (χ3v) is 2.14. The van der Waals surface area contributed by atoms with Crippen molar-refractivity contribution in [3.8, 4) is 0 Å². The summed E-state index contributed by atoms with van der Waals surface area (Å²) in [4.78, 5) is 17.5. The third kappa shape index (κ3) is 3.86. The minimum absolute atomic E-state index is 0.0458. The van der Waals surface area contributed by atoms with E-state index in [0.717, 1.165) is 5.69 Å². The van der Waals surface area contributed by atoms with Gasteiger partial charge in [0.1, 0.15) is 5.82 Å². The Balaban J connectivity index is 2.51. The quantitative estimate of drug-likeness (QED) is 0.774.